The Labute approximate surface area is 92.7 Å². The van der Waals surface area contributed by atoms with Crippen LogP contribution in [0.25, 0.3) is 0 Å². The average Bonchev–Trinajstić information content (AvgIpc) is 2.67. The fraction of sp³-hybridized carbons (Fsp3) is 0.750. The molecule has 86 valence electrons. The maximum atomic E-state index is 4.27. The lowest BCUT2D eigenvalue weighted by Gasteiger charge is -2.17. The van der Waals surface area contributed by atoms with Crippen molar-refractivity contribution >= 4 is 0 Å². The minimum absolute atomic E-state index is 0.559. The van der Waals surface area contributed by atoms with E-state index in [0.29, 0.717) is 6.04 Å². The van der Waals surface area contributed by atoms with Gasteiger partial charge in [-0.05, 0) is 25.3 Å². The van der Waals surface area contributed by atoms with Crippen LogP contribution in [0.2, 0.25) is 0 Å². The molecule has 0 saturated heterocycles. The smallest absolute Gasteiger partial charge is 0.107 e. The van der Waals surface area contributed by atoms with Crippen LogP contribution < -0.4 is 5.32 Å². The zero-order chi connectivity index (χ0) is 11.1. The number of nitrogens with zero attached hydrogens (tertiary/aromatic N) is 1. The Morgan fingerprint density at radius 1 is 1.40 bits per heavy atom. The number of rotatable bonds is 7. The van der Waals surface area contributed by atoms with Gasteiger partial charge < -0.3 is 10.3 Å². The van der Waals surface area contributed by atoms with Crippen molar-refractivity contribution < 1.29 is 0 Å². The molecule has 0 spiro atoms. The first-order valence-electron chi connectivity index (χ1n) is 5.94. The maximum absolute atomic E-state index is 4.27. The lowest BCUT2D eigenvalue weighted by molar-refractivity contribution is 0.430. The summed E-state index contributed by atoms with van der Waals surface area (Å²) in [6.07, 6.45) is 7.22. The van der Waals surface area contributed by atoms with Gasteiger partial charge in [-0.3, -0.25) is 0 Å². The van der Waals surface area contributed by atoms with E-state index in [1.54, 1.807) is 0 Å². The Hall–Kier alpha value is -0.830. The van der Waals surface area contributed by atoms with Crippen LogP contribution >= 0.6 is 0 Å². The molecule has 15 heavy (non-hydrogen) atoms. The number of hydrogen-bond acceptors (Lipinski definition) is 2. The Bertz CT molecular complexity index is 241. The van der Waals surface area contributed by atoms with E-state index >= 15 is 0 Å². The molecule has 1 aromatic heterocycles. The molecule has 1 unspecified atom stereocenters. The van der Waals surface area contributed by atoms with Gasteiger partial charge in [-0.25, -0.2) is 4.98 Å². The molecule has 1 atom stereocenters. The van der Waals surface area contributed by atoms with Crippen LogP contribution in [0.5, 0.6) is 0 Å². The molecule has 1 heterocycles. The summed E-state index contributed by atoms with van der Waals surface area (Å²) >= 11 is 0. The highest BCUT2D eigenvalue weighted by Gasteiger charge is 2.10. The molecule has 0 amide bonds. The van der Waals surface area contributed by atoms with Crippen LogP contribution in [0, 0.1) is 5.92 Å². The van der Waals surface area contributed by atoms with Crippen LogP contribution in [0.4, 0.5) is 0 Å². The molecule has 0 aliphatic carbocycles. The Kier molecular flexibility index (Phi) is 5.40. The predicted molar refractivity (Wildman–Crippen MR) is 63.8 cm³/mol. The monoisotopic (exact) mass is 209 g/mol. The van der Waals surface area contributed by atoms with Crippen LogP contribution in [0.3, 0.4) is 0 Å². The fourth-order valence-corrected chi connectivity index (χ4v) is 1.74. The summed E-state index contributed by atoms with van der Waals surface area (Å²) in [5, 5.41) is 3.52. The van der Waals surface area contributed by atoms with Crippen molar-refractivity contribution in [3.63, 3.8) is 0 Å². The minimum atomic E-state index is 0.559. The molecule has 1 aromatic rings. The second kappa shape index (κ2) is 6.62. The summed E-state index contributed by atoms with van der Waals surface area (Å²) in [5.41, 5.74) is 0. The van der Waals surface area contributed by atoms with Crippen molar-refractivity contribution in [2.45, 2.75) is 46.1 Å². The van der Waals surface area contributed by atoms with Crippen LogP contribution in [0.1, 0.15) is 39.4 Å². The number of aromatic nitrogens is 2. The summed E-state index contributed by atoms with van der Waals surface area (Å²) in [4.78, 5) is 7.43. The molecule has 2 N–H and O–H groups in total. The van der Waals surface area contributed by atoms with E-state index in [0.717, 1.165) is 24.7 Å². The number of imidazole rings is 1. The van der Waals surface area contributed by atoms with Gasteiger partial charge in [-0.2, -0.15) is 0 Å². The average molecular weight is 209 g/mol. The Morgan fingerprint density at radius 3 is 2.73 bits per heavy atom. The third-order valence-corrected chi connectivity index (χ3v) is 2.58. The van der Waals surface area contributed by atoms with Crippen molar-refractivity contribution in [2.75, 3.05) is 6.54 Å². The second-order valence-electron chi connectivity index (χ2n) is 4.47. The van der Waals surface area contributed by atoms with Crippen molar-refractivity contribution in [1.29, 1.82) is 0 Å². The summed E-state index contributed by atoms with van der Waals surface area (Å²) < 4.78 is 0. The first-order chi connectivity index (χ1) is 7.22. The Morgan fingerprint density at radius 2 is 2.20 bits per heavy atom. The van der Waals surface area contributed by atoms with Gasteiger partial charge in [0.05, 0.1) is 0 Å². The third-order valence-electron chi connectivity index (χ3n) is 2.58. The van der Waals surface area contributed by atoms with E-state index in [9.17, 15) is 0 Å². The lowest BCUT2D eigenvalue weighted by atomic mass is 10.0. The molecule has 0 saturated carbocycles. The third kappa shape index (κ3) is 4.98. The quantitative estimate of drug-likeness (QED) is 0.724. The molecule has 0 fully saturated rings. The fourth-order valence-electron chi connectivity index (χ4n) is 1.74. The minimum Gasteiger partial charge on any atom is -0.349 e. The van der Waals surface area contributed by atoms with Gasteiger partial charge in [0.25, 0.3) is 0 Å². The summed E-state index contributed by atoms with van der Waals surface area (Å²) in [6.45, 7) is 7.74. The number of hydrogen-bond donors (Lipinski definition) is 2. The number of nitrogens with one attached hydrogen (secondary N) is 2. The van der Waals surface area contributed by atoms with Gasteiger partial charge in [0, 0.05) is 24.9 Å². The van der Waals surface area contributed by atoms with Crippen LogP contribution in [0.15, 0.2) is 12.4 Å². The van der Waals surface area contributed by atoms with Gasteiger partial charge in [-0.15, -0.1) is 0 Å². The van der Waals surface area contributed by atoms with E-state index < -0.39 is 0 Å². The highest BCUT2D eigenvalue weighted by Crippen LogP contribution is 2.09. The van der Waals surface area contributed by atoms with E-state index in [-0.39, 0.29) is 0 Å². The van der Waals surface area contributed by atoms with Gasteiger partial charge in [0.1, 0.15) is 5.82 Å². The molecule has 0 aliphatic heterocycles. The van der Waals surface area contributed by atoms with Crippen molar-refractivity contribution in [1.82, 2.24) is 15.3 Å². The van der Waals surface area contributed by atoms with Gasteiger partial charge >= 0.3 is 0 Å². The van der Waals surface area contributed by atoms with E-state index in [2.05, 4.69) is 36.1 Å². The largest absolute Gasteiger partial charge is 0.349 e. The zero-order valence-electron chi connectivity index (χ0n) is 10.1. The summed E-state index contributed by atoms with van der Waals surface area (Å²) in [7, 11) is 0. The summed E-state index contributed by atoms with van der Waals surface area (Å²) in [5.74, 6) is 1.87. The highest BCUT2D eigenvalue weighted by atomic mass is 14.9. The topological polar surface area (TPSA) is 40.7 Å². The summed E-state index contributed by atoms with van der Waals surface area (Å²) in [6, 6.07) is 0.559. The first-order valence-corrected chi connectivity index (χ1v) is 5.94. The van der Waals surface area contributed by atoms with Gasteiger partial charge in [0.15, 0.2) is 0 Å². The van der Waals surface area contributed by atoms with E-state index in [1.807, 2.05) is 12.4 Å². The van der Waals surface area contributed by atoms with Crippen molar-refractivity contribution in [2.24, 2.45) is 5.92 Å². The van der Waals surface area contributed by atoms with Crippen LogP contribution in [-0.2, 0) is 6.42 Å². The first kappa shape index (κ1) is 12.2. The van der Waals surface area contributed by atoms with Crippen LogP contribution in [-0.4, -0.2) is 22.6 Å². The highest BCUT2D eigenvalue weighted by molar-refractivity contribution is 4.91. The normalized spacial score (nSPS) is 13.3. The maximum Gasteiger partial charge on any atom is 0.107 e. The predicted octanol–water partition coefficient (Wildman–Crippen LogP) is 2.37. The molecule has 3 heteroatoms. The zero-order valence-corrected chi connectivity index (χ0v) is 10.1. The molecule has 0 aliphatic rings. The molecular weight excluding hydrogens is 186 g/mol. The number of H-pyrrole nitrogens is 1. The second-order valence-corrected chi connectivity index (χ2v) is 4.47. The van der Waals surface area contributed by atoms with E-state index in [1.165, 1.54) is 12.8 Å². The lowest BCUT2D eigenvalue weighted by Crippen LogP contribution is -2.31. The molecular formula is C12H23N3. The molecule has 0 bridgehead atoms. The molecule has 1 rings (SSSR count). The standard InChI is InChI=1S/C12H23N3/c1-4-13-11(6-5-10(2)3)9-12-14-7-8-15-12/h7-8,10-11,13H,4-6,9H2,1-3H3,(H,14,15). The van der Waals surface area contributed by atoms with Crippen molar-refractivity contribution in [3.05, 3.63) is 18.2 Å². The number of likely N-dealkylation sites (N-methyl/N-ethyl adjacent to an activating group) is 1. The Balaban J connectivity index is 2.36. The molecule has 0 aromatic carbocycles. The van der Waals surface area contributed by atoms with Gasteiger partial charge in [0.2, 0.25) is 0 Å². The van der Waals surface area contributed by atoms with Crippen molar-refractivity contribution in [3.8, 4) is 0 Å². The molecule has 0 radical (unpaired) electrons. The van der Waals surface area contributed by atoms with Gasteiger partial charge in [-0.1, -0.05) is 20.8 Å². The SMILES string of the molecule is CCNC(CCC(C)C)Cc1ncc[nH]1. The number of aromatic amines is 1. The molecule has 3 nitrogen and oxygen atoms in total. The van der Waals surface area contributed by atoms with E-state index in [4.69, 9.17) is 0 Å².